The molecular formula is C22H27ClN4O3S. The Morgan fingerprint density at radius 1 is 1.10 bits per heavy atom. The Morgan fingerprint density at radius 2 is 1.77 bits per heavy atom. The number of benzene rings is 2. The monoisotopic (exact) mass is 462 g/mol. The second-order valence-corrected chi connectivity index (χ2v) is 8.66. The lowest BCUT2D eigenvalue weighted by molar-refractivity contribution is -0.384. The van der Waals surface area contributed by atoms with Crippen LogP contribution < -0.4 is 4.90 Å². The Balaban J connectivity index is 0.00000341. The van der Waals surface area contributed by atoms with Gasteiger partial charge in [-0.05, 0) is 63.7 Å². The topological polar surface area (TPSA) is 79.6 Å². The quantitative estimate of drug-likeness (QED) is 0.356. The predicted molar refractivity (Wildman–Crippen MR) is 129 cm³/mol. The molecule has 0 N–H and O–H groups in total. The maximum atomic E-state index is 13.2. The largest absolute Gasteiger partial charge is 0.309 e. The van der Waals surface area contributed by atoms with Gasteiger partial charge in [0.15, 0.2) is 5.13 Å². The zero-order chi connectivity index (χ0) is 21.8. The van der Waals surface area contributed by atoms with Crippen molar-refractivity contribution in [3.8, 4) is 0 Å². The fourth-order valence-corrected chi connectivity index (χ4v) is 4.28. The lowest BCUT2D eigenvalue weighted by Crippen LogP contribution is -2.34. The summed E-state index contributed by atoms with van der Waals surface area (Å²) in [5.41, 5.74) is 4.01. The van der Waals surface area contributed by atoms with Crippen molar-refractivity contribution in [2.24, 2.45) is 0 Å². The first-order chi connectivity index (χ1) is 14.3. The molecule has 0 saturated heterocycles. The third kappa shape index (κ3) is 6.00. The van der Waals surface area contributed by atoms with Gasteiger partial charge < -0.3 is 4.90 Å². The summed E-state index contributed by atoms with van der Waals surface area (Å²) in [5, 5.41) is 11.6. The number of halogens is 1. The van der Waals surface area contributed by atoms with E-state index >= 15 is 0 Å². The SMILES string of the molecule is Cc1ccc2sc(N(CCCN(C)C)C(=O)Cc3ccc([N+](=O)[O-])cc3)nc2c1C.Cl. The smallest absolute Gasteiger partial charge is 0.269 e. The van der Waals surface area contributed by atoms with Crippen LogP contribution in [0.3, 0.4) is 0 Å². The van der Waals surface area contributed by atoms with Gasteiger partial charge in [-0.1, -0.05) is 29.5 Å². The molecule has 0 unspecified atom stereocenters. The summed E-state index contributed by atoms with van der Waals surface area (Å²) in [5.74, 6) is -0.0592. The van der Waals surface area contributed by atoms with Gasteiger partial charge in [-0.25, -0.2) is 4.98 Å². The number of carbonyl (C=O) groups excluding carboxylic acids is 1. The molecular weight excluding hydrogens is 436 g/mol. The summed E-state index contributed by atoms with van der Waals surface area (Å²) in [6.07, 6.45) is 1.00. The van der Waals surface area contributed by atoms with Crippen molar-refractivity contribution in [3.63, 3.8) is 0 Å². The van der Waals surface area contributed by atoms with Crippen LogP contribution in [0, 0.1) is 24.0 Å². The number of fused-ring (bicyclic) bond motifs is 1. The minimum atomic E-state index is -0.440. The normalized spacial score (nSPS) is 10.9. The number of hydrogen-bond acceptors (Lipinski definition) is 6. The van der Waals surface area contributed by atoms with Crippen molar-refractivity contribution in [3.05, 3.63) is 63.2 Å². The van der Waals surface area contributed by atoms with Crippen molar-refractivity contribution in [2.45, 2.75) is 26.7 Å². The average Bonchev–Trinajstić information content (AvgIpc) is 3.13. The highest BCUT2D eigenvalue weighted by Crippen LogP contribution is 2.32. The molecule has 31 heavy (non-hydrogen) atoms. The number of nitro benzene ring substituents is 1. The van der Waals surface area contributed by atoms with Crippen molar-refractivity contribution < 1.29 is 9.72 Å². The summed E-state index contributed by atoms with van der Waals surface area (Å²) in [7, 11) is 4.01. The summed E-state index contributed by atoms with van der Waals surface area (Å²) in [6, 6.07) is 10.3. The zero-order valence-corrected chi connectivity index (χ0v) is 19.8. The summed E-state index contributed by atoms with van der Waals surface area (Å²) in [4.78, 5) is 32.2. The highest BCUT2D eigenvalue weighted by atomic mass is 35.5. The number of hydrogen-bond donors (Lipinski definition) is 0. The molecule has 0 radical (unpaired) electrons. The van der Waals surface area contributed by atoms with Crippen LogP contribution >= 0.6 is 23.7 Å². The maximum absolute atomic E-state index is 13.2. The van der Waals surface area contributed by atoms with Crippen LogP contribution in [-0.4, -0.2) is 47.9 Å². The highest BCUT2D eigenvalue weighted by molar-refractivity contribution is 7.22. The van der Waals surface area contributed by atoms with Crippen molar-refractivity contribution in [2.75, 3.05) is 32.1 Å². The van der Waals surface area contributed by atoms with E-state index in [1.54, 1.807) is 17.0 Å². The first-order valence-corrected chi connectivity index (χ1v) is 10.6. The Kier molecular flexibility index (Phi) is 8.50. The van der Waals surface area contributed by atoms with E-state index < -0.39 is 4.92 Å². The zero-order valence-electron chi connectivity index (χ0n) is 18.1. The van der Waals surface area contributed by atoms with Gasteiger partial charge in [0, 0.05) is 18.7 Å². The van der Waals surface area contributed by atoms with E-state index in [-0.39, 0.29) is 30.4 Å². The van der Waals surface area contributed by atoms with Gasteiger partial charge in [-0.3, -0.25) is 19.8 Å². The molecule has 1 heterocycles. The molecule has 0 aliphatic carbocycles. The fourth-order valence-electron chi connectivity index (χ4n) is 3.21. The molecule has 1 aromatic heterocycles. The Hall–Kier alpha value is -2.55. The van der Waals surface area contributed by atoms with E-state index in [1.807, 2.05) is 14.1 Å². The minimum Gasteiger partial charge on any atom is -0.309 e. The molecule has 7 nitrogen and oxygen atoms in total. The third-order valence-electron chi connectivity index (χ3n) is 5.10. The van der Waals surface area contributed by atoms with E-state index in [1.165, 1.54) is 29.0 Å². The number of thiazole rings is 1. The van der Waals surface area contributed by atoms with Gasteiger partial charge in [0.1, 0.15) is 0 Å². The van der Waals surface area contributed by atoms with Crippen molar-refractivity contribution in [1.29, 1.82) is 0 Å². The van der Waals surface area contributed by atoms with Crippen LogP contribution in [0.2, 0.25) is 0 Å². The standard InChI is InChI=1S/C22H26N4O3S.ClH/c1-15-6-11-19-21(16(15)2)23-22(30-19)25(13-5-12-24(3)4)20(27)14-17-7-9-18(10-8-17)26(28)29;/h6-11H,5,12-14H2,1-4H3;1H. The summed E-state index contributed by atoms with van der Waals surface area (Å²) in [6.45, 7) is 5.55. The number of anilines is 1. The third-order valence-corrected chi connectivity index (χ3v) is 6.14. The molecule has 0 aliphatic heterocycles. The van der Waals surface area contributed by atoms with Crippen molar-refractivity contribution in [1.82, 2.24) is 9.88 Å². The first-order valence-electron chi connectivity index (χ1n) is 9.81. The predicted octanol–water partition coefficient (Wildman–Crippen LogP) is 4.77. The van der Waals surface area contributed by atoms with Gasteiger partial charge in [-0.15, -0.1) is 12.4 Å². The van der Waals surface area contributed by atoms with Crippen LogP contribution in [0.5, 0.6) is 0 Å². The lowest BCUT2D eigenvalue weighted by atomic mass is 10.1. The number of non-ortho nitro benzene ring substituents is 1. The molecule has 166 valence electrons. The summed E-state index contributed by atoms with van der Waals surface area (Å²) < 4.78 is 1.06. The van der Waals surface area contributed by atoms with Gasteiger partial charge in [0.25, 0.3) is 5.69 Å². The van der Waals surface area contributed by atoms with E-state index in [2.05, 4.69) is 30.9 Å². The molecule has 0 atom stereocenters. The van der Waals surface area contributed by atoms with Crippen molar-refractivity contribution >= 4 is 50.7 Å². The van der Waals surface area contributed by atoms with E-state index in [0.29, 0.717) is 11.7 Å². The number of nitrogens with zero attached hydrogens (tertiary/aromatic N) is 4. The van der Waals surface area contributed by atoms with Crippen LogP contribution in [0.25, 0.3) is 10.2 Å². The number of rotatable bonds is 8. The molecule has 9 heteroatoms. The Bertz CT molecular complexity index is 1070. The van der Waals surface area contributed by atoms with Crippen LogP contribution in [0.15, 0.2) is 36.4 Å². The maximum Gasteiger partial charge on any atom is 0.269 e. The molecule has 3 aromatic rings. The summed E-state index contributed by atoms with van der Waals surface area (Å²) >= 11 is 1.52. The lowest BCUT2D eigenvalue weighted by Gasteiger charge is -2.21. The van der Waals surface area contributed by atoms with E-state index in [0.717, 1.165) is 34.3 Å². The van der Waals surface area contributed by atoms with Crippen LogP contribution in [-0.2, 0) is 11.2 Å². The van der Waals surface area contributed by atoms with Crippen LogP contribution in [0.4, 0.5) is 10.8 Å². The number of aryl methyl sites for hydroxylation is 2. The van der Waals surface area contributed by atoms with Gasteiger partial charge in [-0.2, -0.15) is 0 Å². The molecule has 1 amide bonds. The number of carbonyl (C=O) groups is 1. The number of aromatic nitrogens is 1. The molecule has 0 fully saturated rings. The van der Waals surface area contributed by atoms with E-state index in [4.69, 9.17) is 4.98 Å². The van der Waals surface area contributed by atoms with E-state index in [9.17, 15) is 14.9 Å². The second kappa shape index (κ2) is 10.7. The molecule has 2 aromatic carbocycles. The molecule has 0 saturated carbocycles. The van der Waals surface area contributed by atoms with Gasteiger partial charge in [0.05, 0.1) is 21.6 Å². The van der Waals surface area contributed by atoms with Gasteiger partial charge in [0.2, 0.25) is 5.91 Å². The number of nitro groups is 1. The Labute approximate surface area is 192 Å². The first kappa shape index (κ1) is 24.7. The highest BCUT2D eigenvalue weighted by Gasteiger charge is 2.21. The van der Waals surface area contributed by atoms with Gasteiger partial charge >= 0.3 is 0 Å². The Morgan fingerprint density at radius 3 is 2.39 bits per heavy atom. The number of amides is 1. The van der Waals surface area contributed by atoms with Crippen LogP contribution in [0.1, 0.15) is 23.1 Å². The molecule has 0 bridgehead atoms. The fraction of sp³-hybridized carbons (Fsp3) is 0.364. The minimum absolute atomic E-state index is 0. The molecule has 3 rings (SSSR count). The molecule has 0 spiro atoms. The second-order valence-electron chi connectivity index (χ2n) is 7.65. The average molecular weight is 463 g/mol. The molecule has 0 aliphatic rings.